The molecule has 0 aromatic carbocycles. The molecule has 0 aliphatic carbocycles. The van der Waals surface area contributed by atoms with E-state index in [1.165, 1.54) is 6.20 Å². The predicted octanol–water partition coefficient (Wildman–Crippen LogP) is 0.384. The van der Waals surface area contributed by atoms with E-state index in [-0.39, 0.29) is 0 Å². The second kappa shape index (κ2) is 3.91. The summed E-state index contributed by atoms with van der Waals surface area (Å²) >= 11 is 2.00. The molecular weight excluding hydrogens is 205 g/mol. The minimum absolute atomic E-state index is 0.771. The van der Waals surface area contributed by atoms with Crippen LogP contribution in [0.25, 0.3) is 0 Å². The Bertz CT molecular complexity index is 88.2. The van der Waals surface area contributed by atoms with Crippen molar-refractivity contribution in [1.82, 2.24) is 5.43 Å². The zero-order valence-corrected chi connectivity index (χ0v) is 5.84. The summed E-state index contributed by atoms with van der Waals surface area (Å²) < 4.78 is 0.771. The maximum atomic E-state index is 5.04. The van der Waals surface area contributed by atoms with Crippen LogP contribution in [0.4, 0.5) is 0 Å². The van der Waals surface area contributed by atoms with E-state index in [0.29, 0.717) is 0 Å². The molecule has 0 amide bonds. The largest absolute Gasteiger partial charge is 0.403 e. The Labute approximate surface area is 55.8 Å². The minimum Gasteiger partial charge on any atom is -0.403 e. The third-order valence-corrected chi connectivity index (χ3v) is 0.933. The van der Waals surface area contributed by atoms with Gasteiger partial charge in [-0.05, 0) is 22.6 Å². The van der Waals surface area contributed by atoms with Gasteiger partial charge in [0.05, 0.1) is 0 Å². The fourth-order valence-electron chi connectivity index (χ4n) is 0.113. The van der Waals surface area contributed by atoms with Crippen LogP contribution < -0.4 is 11.2 Å². The lowest BCUT2D eigenvalue weighted by Crippen LogP contribution is -1.99. The van der Waals surface area contributed by atoms with Crippen molar-refractivity contribution < 1.29 is 0 Å². The lowest BCUT2D eigenvalue weighted by Gasteiger charge is -1.90. The van der Waals surface area contributed by atoms with Crippen molar-refractivity contribution in [3.8, 4) is 0 Å². The normalized spacial score (nSPS) is 10.7. The molecule has 0 aromatic heterocycles. The van der Waals surface area contributed by atoms with Gasteiger partial charge in [0.15, 0.2) is 0 Å². The maximum absolute atomic E-state index is 5.04. The van der Waals surface area contributed by atoms with Gasteiger partial charge in [0.2, 0.25) is 0 Å². The fraction of sp³-hybridized carbons (Fsp3) is 0. The molecule has 0 unspecified atom stereocenters. The van der Waals surface area contributed by atoms with E-state index in [1.807, 2.05) is 22.6 Å². The number of halogens is 1. The molecule has 0 aliphatic heterocycles. The molecule has 0 fully saturated rings. The Morgan fingerprint density at radius 1 is 2.00 bits per heavy atom. The molecule has 7 heavy (non-hydrogen) atoms. The molecule has 0 radical (unpaired) electrons. The van der Waals surface area contributed by atoms with E-state index in [9.17, 15) is 0 Å². The number of nitrogens with two attached hydrogens (primary N) is 1. The lowest BCUT2D eigenvalue weighted by atomic mass is 10.9. The SMILES string of the molecule is C=NN/C(I)=C\N. The van der Waals surface area contributed by atoms with Crippen molar-refractivity contribution in [3.05, 3.63) is 9.90 Å². The van der Waals surface area contributed by atoms with Gasteiger partial charge in [-0.2, -0.15) is 5.10 Å². The summed E-state index contributed by atoms with van der Waals surface area (Å²) in [5, 5.41) is 3.35. The zero-order chi connectivity index (χ0) is 5.70. The van der Waals surface area contributed by atoms with E-state index < -0.39 is 0 Å². The molecule has 0 aromatic rings. The highest BCUT2D eigenvalue weighted by Crippen LogP contribution is 1.95. The first-order valence-electron chi connectivity index (χ1n) is 1.60. The van der Waals surface area contributed by atoms with Crippen LogP contribution >= 0.6 is 22.6 Å². The van der Waals surface area contributed by atoms with E-state index in [4.69, 9.17) is 5.73 Å². The Hall–Kier alpha value is -0.260. The van der Waals surface area contributed by atoms with Gasteiger partial charge in [-0.3, -0.25) is 5.43 Å². The molecule has 0 saturated heterocycles. The van der Waals surface area contributed by atoms with E-state index in [2.05, 4.69) is 17.2 Å². The van der Waals surface area contributed by atoms with Crippen LogP contribution in [0.5, 0.6) is 0 Å². The number of hydrogen-bond donors (Lipinski definition) is 2. The highest BCUT2D eigenvalue weighted by atomic mass is 127. The standard InChI is InChI=1S/C3H6IN3/c1-6-7-3(4)2-5/h2,7H,1,5H2/b3-2-. The van der Waals surface area contributed by atoms with Gasteiger partial charge in [-0.1, -0.05) is 0 Å². The Kier molecular flexibility index (Phi) is 3.77. The first-order valence-corrected chi connectivity index (χ1v) is 2.68. The molecular formula is C3H6IN3. The number of hydrogen-bond acceptors (Lipinski definition) is 3. The van der Waals surface area contributed by atoms with Gasteiger partial charge in [-0.15, -0.1) is 0 Å². The highest BCUT2D eigenvalue weighted by Gasteiger charge is 1.76. The Morgan fingerprint density at radius 3 is 2.71 bits per heavy atom. The lowest BCUT2D eigenvalue weighted by molar-refractivity contribution is 0.968. The van der Waals surface area contributed by atoms with Gasteiger partial charge in [0.25, 0.3) is 0 Å². The summed E-state index contributed by atoms with van der Waals surface area (Å²) in [6.45, 7) is 3.19. The summed E-state index contributed by atoms with van der Waals surface area (Å²) in [6, 6.07) is 0. The van der Waals surface area contributed by atoms with Gasteiger partial charge < -0.3 is 5.73 Å². The summed E-state index contributed by atoms with van der Waals surface area (Å²) in [5.41, 5.74) is 7.57. The molecule has 0 aliphatic rings. The van der Waals surface area contributed by atoms with Crippen molar-refractivity contribution in [3.63, 3.8) is 0 Å². The average Bonchev–Trinajstić information content (AvgIpc) is 1.68. The fourth-order valence-corrected chi connectivity index (χ4v) is 0.283. The zero-order valence-electron chi connectivity index (χ0n) is 3.69. The predicted molar refractivity (Wildman–Crippen MR) is 39.0 cm³/mol. The molecule has 4 heteroatoms. The first-order chi connectivity index (χ1) is 3.31. The van der Waals surface area contributed by atoms with Crippen LogP contribution in [0.1, 0.15) is 0 Å². The third-order valence-electron chi connectivity index (χ3n) is 0.332. The topological polar surface area (TPSA) is 50.4 Å². The monoisotopic (exact) mass is 211 g/mol. The van der Waals surface area contributed by atoms with Gasteiger partial charge >= 0.3 is 0 Å². The molecule has 0 atom stereocenters. The van der Waals surface area contributed by atoms with Crippen LogP contribution in [-0.4, -0.2) is 6.72 Å². The van der Waals surface area contributed by atoms with Gasteiger partial charge in [-0.25, -0.2) is 0 Å². The van der Waals surface area contributed by atoms with Gasteiger partial charge in [0, 0.05) is 12.9 Å². The Morgan fingerprint density at radius 2 is 2.57 bits per heavy atom. The van der Waals surface area contributed by atoms with Crippen molar-refractivity contribution in [2.45, 2.75) is 0 Å². The first kappa shape index (κ1) is 6.74. The van der Waals surface area contributed by atoms with E-state index >= 15 is 0 Å². The van der Waals surface area contributed by atoms with Crippen LogP contribution in [0, 0.1) is 0 Å². The smallest absolute Gasteiger partial charge is 0.109 e. The highest BCUT2D eigenvalue weighted by molar-refractivity contribution is 14.1. The third kappa shape index (κ3) is 3.57. The molecule has 40 valence electrons. The van der Waals surface area contributed by atoms with Crippen molar-refractivity contribution in [2.24, 2.45) is 10.8 Å². The van der Waals surface area contributed by atoms with Crippen LogP contribution in [-0.2, 0) is 0 Å². The quantitative estimate of drug-likeness (QED) is 0.300. The summed E-state index contributed by atoms with van der Waals surface area (Å²) in [5.74, 6) is 0. The second-order valence-electron chi connectivity index (χ2n) is 0.785. The Balaban J connectivity index is 3.36. The number of nitrogens with zero attached hydrogens (tertiary/aromatic N) is 1. The van der Waals surface area contributed by atoms with Gasteiger partial charge in [0.1, 0.15) is 3.70 Å². The molecule has 0 rings (SSSR count). The van der Waals surface area contributed by atoms with Crippen LogP contribution in [0.3, 0.4) is 0 Å². The maximum Gasteiger partial charge on any atom is 0.109 e. The summed E-state index contributed by atoms with van der Waals surface area (Å²) in [6.07, 6.45) is 1.41. The van der Waals surface area contributed by atoms with Crippen LogP contribution in [0.15, 0.2) is 15.0 Å². The van der Waals surface area contributed by atoms with E-state index in [1.54, 1.807) is 0 Å². The molecule has 0 bridgehead atoms. The average molecular weight is 211 g/mol. The van der Waals surface area contributed by atoms with Crippen molar-refractivity contribution in [2.75, 3.05) is 0 Å². The summed E-state index contributed by atoms with van der Waals surface area (Å²) in [7, 11) is 0. The van der Waals surface area contributed by atoms with Crippen molar-refractivity contribution in [1.29, 1.82) is 0 Å². The summed E-state index contributed by atoms with van der Waals surface area (Å²) in [4.78, 5) is 0. The van der Waals surface area contributed by atoms with Crippen molar-refractivity contribution >= 4 is 29.3 Å². The number of hydrazone groups is 1. The molecule has 0 saturated carbocycles. The van der Waals surface area contributed by atoms with Crippen LogP contribution in [0.2, 0.25) is 0 Å². The molecule has 3 N–H and O–H groups in total. The number of rotatable bonds is 2. The van der Waals surface area contributed by atoms with E-state index in [0.717, 1.165) is 3.70 Å². The molecule has 0 heterocycles. The number of nitrogens with one attached hydrogen (secondary N) is 1. The molecule has 3 nitrogen and oxygen atoms in total. The molecule has 0 spiro atoms. The second-order valence-corrected chi connectivity index (χ2v) is 1.95. The minimum atomic E-state index is 0.771.